The number of carbonyl (C=O) groups is 3. The van der Waals surface area contributed by atoms with E-state index in [0.717, 1.165) is 0 Å². The molecular weight excluding hydrogens is 302 g/mol. The molecule has 5 heteroatoms. The second-order valence-electron chi connectivity index (χ2n) is 7.27. The molecule has 3 aliphatic rings. The first-order chi connectivity index (χ1) is 10.3. The summed E-state index contributed by atoms with van der Waals surface area (Å²) in [4.78, 5) is 39.4. The van der Waals surface area contributed by atoms with Crippen LogP contribution in [0.1, 0.15) is 26.7 Å². The molecule has 2 aliphatic carbocycles. The fraction of sp³-hybridized carbons (Fsp3) is 0.471. The molecule has 0 radical (unpaired) electrons. The van der Waals surface area contributed by atoms with E-state index in [1.165, 1.54) is 4.90 Å². The van der Waals surface area contributed by atoms with Crippen LogP contribution in [-0.4, -0.2) is 17.6 Å². The SMILES string of the molecule is C[C@@]12CC(=O)[C@@](C)(C1)[C@@H]1C(=O)N(c3ccccc3Cl)C(=O)[C@@H]12. The van der Waals surface area contributed by atoms with Crippen molar-refractivity contribution < 1.29 is 14.4 Å². The fourth-order valence-corrected chi connectivity index (χ4v) is 5.18. The Balaban J connectivity index is 1.86. The fourth-order valence-electron chi connectivity index (χ4n) is 4.96. The monoisotopic (exact) mass is 317 g/mol. The molecule has 2 amide bonds. The van der Waals surface area contributed by atoms with Crippen molar-refractivity contribution in [3.63, 3.8) is 0 Å². The second kappa shape index (κ2) is 3.99. The summed E-state index contributed by atoms with van der Waals surface area (Å²) in [5, 5.41) is 0.373. The summed E-state index contributed by atoms with van der Waals surface area (Å²) in [5.41, 5.74) is -0.686. The summed E-state index contributed by atoms with van der Waals surface area (Å²) in [6.07, 6.45) is 1.02. The van der Waals surface area contributed by atoms with Crippen molar-refractivity contribution in [2.45, 2.75) is 26.7 Å². The maximum absolute atomic E-state index is 12.9. The maximum Gasteiger partial charge on any atom is 0.238 e. The van der Waals surface area contributed by atoms with Crippen LogP contribution in [0.4, 0.5) is 5.69 Å². The minimum Gasteiger partial charge on any atom is -0.299 e. The summed E-state index contributed by atoms with van der Waals surface area (Å²) in [5.74, 6) is -1.32. The molecule has 2 saturated carbocycles. The van der Waals surface area contributed by atoms with Crippen LogP contribution in [0.5, 0.6) is 0 Å². The Bertz CT molecular complexity index is 745. The van der Waals surface area contributed by atoms with Crippen molar-refractivity contribution in [3.05, 3.63) is 29.3 Å². The van der Waals surface area contributed by atoms with Crippen LogP contribution in [0.25, 0.3) is 0 Å². The third-order valence-electron chi connectivity index (χ3n) is 5.81. The number of ketones is 1. The van der Waals surface area contributed by atoms with Crippen molar-refractivity contribution in [2.75, 3.05) is 4.90 Å². The zero-order valence-corrected chi connectivity index (χ0v) is 13.2. The molecule has 0 spiro atoms. The minimum absolute atomic E-state index is 0.110. The van der Waals surface area contributed by atoms with E-state index in [1.54, 1.807) is 24.3 Å². The van der Waals surface area contributed by atoms with Crippen LogP contribution in [0, 0.1) is 22.7 Å². The molecule has 0 aromatic heterocycles. The van der Waals surface area contributed by atoms with Crippen LogP contribution in [0.15, 0.2) is 24.3 Å². The Morgan fingerprint density at radius 2 is 1.73 bits per heavy atom. The van der Waals surface area contributed by atoms with E-state index in [9.17, 15) is 14.4 Å². The molecular formula is C17H16ClNO3. The van der Waals surface area contributed by atoms with E-state index in [0.29, 0.717) is 23.6 Å². The molecule has 1 aromatic rings. The van der Waals surface area contributed by atoms with Gasteiger partial charge in [-0.25, -0.2) is 4.90 Å². The Morgan fingerprint density at radius 1 is 1.09 bits per heavy atom. The number of Topliss-reactive ketones (excluding diaryl/α,β-unsaturated/α-hetero) is 1. The Labute approximate surface area is 133 Å². The molecule has 0 N–H and O–H groups in total. The zero-order chi connectivity index (χ0) is 15.9. The Morgan fingerprint density at radius 3 is 2.41 bits per heavy atom. The molecule has 22 heavy (non-hydrogen) atoms. The highest BCUT2D eigenvalue weighted by Gasteiger charge is 2.74. The first-order valence-corrected chi connectivity index (χ1v) is 7.83. The number of amides is 2. The molecule has 4 rings (SSSR count). The maximum atomic E-state index is 12.9. The smallest absolute Gasteiger partial charge is 0.238 e. The van der Waals surface area contributed by atoms with Gasteiger partial charge in [0.05, 0.1) is 22.5 Å². The second-order valence-corrected chi connectivity index (χ2v) is 7.67. The number of halogens is 1. The van der Waals surface area contributed by atoms with E-state index < -0.39 is 22.7 Å². The lowest BCUT2D eigenvalue weighted by atomic mass is 9.68. The molecule has 1 aromatic carbocycles. The van der Waals surface area contributed by atoms with E-state index in [2.05, 4.69) is 0 Å². The highest BCUT2D eigenvalue weighted by molar-refractivity contribution is 6.36. The predicted molar refractivity (Wildman–Crippen MR) is 81.4 cm³/mol. The Kier molecular flexibility index (Phi) is 2.53. The number of hydrogen-bond donors (Lipinski definition) is 0. The number of nitrogens with zero attached hydrogens (tertiary/aromatic N) is 1. The number of imide groups is 1. The molecule has 4 nitrogen and oxygen atoms in total. The number of para-hydroxylation sites is 1. The van der Waals surface area contributed by atoms with Crippen molar-refractivity contribution >= 4 is 34.9 Å². The average molecular weight is 318 g/mol. The number of fused-ring (bicyclic) bond motifs is 5. The van der Waals surface area contributed by atoms with Gasteiger partial charge in [0.2, 0.25) is 11.8 Å². The van der Waals surface area contributed by atoms with Crippen LogP contribution >= 0.6 is 11.6 Å². The summed E-state index contributed by atoms with van der Waals surface area (Å²) in [6, 6.07) is 6.84. The number of rotatable bonds is 1. The van der Waals surface area contributed by atoms with E-state index in [1.807, 2.05) is 13.8 Å². The summed E-state index contributed by atoms with van der Waals surface area (Å²) < 4.78 is 0. The van der Waals surface area contributed by atoms with Crippen molar-refractivity contribution in [2.24, 2.45) is 22.7 Å². The molecule has 2 bridgehead atoms. The quantitative estimate of drug-likeness (QED) is 0.748. The molecule has 114 valence electrons. The van der Waals surface area contributed by atoms with Crippen LogP contribution in [0.3, 0.4) is 0 Å². The lowest BCUT2D eigenvalue weighted by Gasteiger charge is -2.30. The van der Waals surface area contributed by atoms with Gasteiger partial charge >= 0.3 is 0 Å². The lowest BCUT2D eigenvalue weighted by molar-refractivity contribution is -0.138. The highest BCUT2D eigenvalue weighted by Crippen LogP contribution is 2.68. The van der Waals surface area contributed by atoms with Gasteiger partial charge in [-0.15, -0.1) is 0 Å². The summed E-state index contributed by atoms with van der Waals surface area (Å²) >= 11 is 6.16. The molecule has 1 heterocycles. The van der Waals surface area contributed by atoms with Gasteiger partial charge in [-0.1, -0.05) is 37.6 Å². The van der Waals surface area contributed by atoms with Gasteiger partial charge < -0.3 is 0 Å². The van der Waals surface area contributed by atoms with Crippen molar-refractivity contribution in [1.29, 1.82) is 0 Å². The number of benzene rings is 1. The van der Waals surface area contributed by atoms with Gasteiger partial charge in [0.25, 0.3) is 0 Å². The van der Waals surface area contributed by atoms with Crippen LogP contribution in [0.2, 0.25) is 5.02 Å². The van der Waals surface area contributed by atoms with Crippen molar-refractivity contribution in [3.8, 4) is 0 Å². The Hall–Kier alpha value is -1.68. The number of anilines is 1. The molecule has 1 saturated heterocycles. The van der Waals surface area contributed by atoms with Gasteiger partial charge in [0, 0.05) is 11.8 Å². The van der Waals surface area contributed by atoms with Gasteiger partial charge in [0.1, 0.15) is 5.78 Å². The number of hydrogen-bond acceptors (Lipinski definition) is 3. The van der Waals surface area contributed by atoms with Gasteiger partial charge in [-0.2, -0.15) is 0 Å². The first-order valence-electron chi connectivity index (χ1n) is 7.45. The number of carbonyl (C=O) groups excluding carboxylic acids is 3. The van der Waals surface area contributed by atoms with Crippen LogP contribution < -0.4 is 4.90 Å². The lowest BCUT2D eigenvalue weighted by Crippen LogP contribution is -2.40. The summed E-state index contributed by atoms with van der Waals surface area (Å²) in [7, 11) is 0. The van der Waals surface area contributed by atoms with E-state index in [4.69, 9.17) is 11.6 Å². The third-order valence-corrected chi connectivity index (χ3v) is 6.13. The van der Waals surface area contributed by atoms with E-state index in [-0.39, 0.29) is 17.6 Å². The van der Waals surface area contributed by atoms with E-state index >= 15 is 0 Å². The first kappa shape index (κ1) is 13.9. The standard InChI is InChI=1S/C17H16ClNO3/c1-16-7-11(20)17(2,8-16)13-12(16)14(21)19(15(13)22)10-6-4-3-5-9(10)18/h3-6,12-13H,7-8H2,1-2H3/t12-,13+,16-,17-/m1/s1. The van der Waals surface area contributed by atoms with Gasteiger partial charge in [-0.05, 0) is 24.0 Å². The molecule has 3 fully saturated rings. The zero-order valence-electron chi connectivity index (χ0n) is 12.4. The van der Waals surface area contributed by atoms with Crippen LogP contribution in [-0.2, 0) is 14.4 Å². The molecule has 1 aliphatic heterocycles. The molecule has 0 unspecified atom stereocenters. The topological polar surface area (TPSA) is 54.5 Å². The predicted octanol–water partition coefficient (Wildman–Crippen LogP) is 2.83. The van der Waals surface area contributed by atoms with Gasteiger partial charge in [0.15, 0.2) is 0 Å². The highest BCUT2D eigenvalue weighted by atomic mass is 35.5. The normalized spacial score (nSPS) is 39.8. The average Bonchev–Trinajstić information content (AvgIpc) is 2.94. The summed E-state index contributed by atoms with van der Waals surface area (Å²) in [6.45, 7) is 3.80. The minimum atomic E-state index is -0.706. The third kappa shape index (κ3) is 1.42. The van der Waals surface area contributed by atoms with Crippen molar-refractivity contribution in [1.82, 2.24) is 0 Å². The van der Waals surface area contributed by atoms with Gasteiger partial charge in [-0.3, -0.25) is 14.4 Å². The molecule has 4 atom stereocenters. The largest absolute Gasteiger partial charge is 0.299 e.